The highest BCUT2D eigenvalue weighted by molar-refractivity contribution is 7.17. The fourth-order valence-electron chi connectivity index (χ4n) is 3.76. The van der Waals surface area contributed by atoms with Gasteiger partial charge in [0.2, 0.25) is 0 Å². The highest BCUT2D eigenvalue weighted by atomic mass is 32.1. The Labute approximate surface area is 165 Å². The van der Waals surface area contributed by atoms with E-state index >= 15 is 0 Å². The molecule has 28 heavy (non-hydrogen) atoms. The maximum absolute atomic E-state index is 5.51. The molecule has 0 aliphatic heterocycles. The van der Waals surface area contributed by atoms with Gasteiger partial charge in [-0.15, -0.1) is 11.3 Å². The lowest BCUT2D eigenvalue weighted by atomic mass is 9.97. The van der Waals surface area contributed by atoms with Gasteiger partial charge in [-0.2, -0.15) is 0 Å². The summed E-state index contributed by atoms with van der Waals surface area (Å²) in [5.74, 6) is 0. The Morgan fingerprint density at radius 3 is 2.68 bits per heavy atom. The molecule has 6 rings (SSSR count). The van der Waals surface area contributed by atoms with Gasteiger partial charge in [0.1, 0.15) is 5.58 Å². The highest BCUT2D eigenvalue weighted by Crippen LogP contribution is 2.37. The molecule has 6 aromatic rings. The Bertz CT molecular complexity index is 1470. The number of fused-ring (bicyclic) bond motifs is 3. The van der Waals surface area contributed by atoms with Crippen LogP contribution in [0.4, 0.5) is 0 Å². The first-order valence-corrected chi connectivity index (χ1v) is 10.0. The van der Waals surface area contributed by atoms with Crippen molar-refractivity contribution in [1.82, 2.24) is 4.98 Å². The average molecular weight is 376 g/mol. The number of thiophene rings is 1. The maximum Gasteiger partial charge on any atom is 0.133 e. The van der Waals surface area contributed by atoms with E-state index in [1.165, 1.54) is 10.1 Å². The zero-order valence-electron chi connectivity index (χ0n) is 14.8. The molecule has 3 aromatic heterocycles. The van der Waals surface area contributed by atoms with Crippen molar-refractivity contribution in [3.05, 3.63) is 90.5 Å². The second kappa shape index (κ2) is 6.04. The Hall–Kier alpha value is -3.43. The molecule has 3 aromatic carbocycles. The first kappa shape index (κ1) is 15.6. The van der Waals surface area contributed by atoms with Gasteiger partial charge in [0.25, 0.3) is 0 Å². The highest BCUT2D eigenvalue weighted by Gasteiger charge is 2.13. The van der Waals surface area contributed by atoms with Gasteiger partial charge in [-0.25, -0.2) is 4.98 Å². The molecule has 0 amide bonds. The molecule has 0 saturated carbocycles. The van der Waals surface area contributed by atoms with Gasteiger partial charge in [-0.05, 0) is 35.9 Å². The molecule has 0 aliphatic carbocycles. The van der Waals surface area contributed by atoms with E-state index in [4.69, 9.17) is 9.40 Å². The molecule has 2 nitrogen and oxygen atoms in total. The van der Waals surface area contributed by atoms with Gasteiger partial charge in [0.05, 0.1) is 17.5 Å². The molecule has 0 atom stereocenters. The molecule has 3 heterocycles. The van der Waals surface area contributed by atoms with Crippen LogP contribution in [0.15, 0.2) is 88.9 Å². The Morgan fingerprint density at radius 1 is 0.857 bits per heavy atom. The zero-order chi connectivity index (χ0) is 18.5. The van der Waals surface area contributed by atoms with Crippen molar-refractivity contribution >= 4 is 43.3 Å². The molecule has 0 bridgehead atoms. The lowest BCUT2D eigenvalue weighted by Crippen LogP contribution is -1.90. The molecule has 0 unspecified atom stereocenters. The third-order valence-corrected chi connectivity index (χ3v) is 6.09. The summed E-state index contributed by atoms with van der Waals surface area (Å²) in [7, 11) is 0. The standard InChI is InChI=1S/C25H14NOS/c1-3-7-22-18(5-1)20(16-9-10-24-17(13-16)11-12-27-24)14-23(26-22)21-15-28-25-8-4-2-6-19(21)25/h1-13,15H. The Kier molecular flexibility index (Phi) is 3.37. The van der Waals surface area contributed by atoms with Crippen LogP contribution in [-0.4, -0.2) is 4.98 Å². The molecular formula is C25H14NOS. The monoisotopic (exact) mass is 376 g/mol. The predicted octanol–water partition coefficient (Wildman–Crippen LogP) is 7.33. The lowest BCUT2D eigenvalue weighted by Gasteiger charge is -2.10. The molecular weight excluding hydrogens is 362 g/mol. The van der Waals surface area contributed by atoms with Gasteiger partial charge in [-0.1, -0.05) is 42.5 Å². The first-order chi connectivity index (χ1) is 13.9. The van der Waals surface area contributed by atoms with Crippen LogP contribution in [0.25, 0.3) is 54.3 Å². The summed E-state index contributed by atoms with van der Waals surface area (Å²) in [6.45, 7) is 0. The molecule has 0 spiro atoms. The van der Waals surface area contributed by atoms with Crippen LogP contribution in [0.1, 0.15) is 0 Å². The van der Waals surface area contributed by atoms with Crippen LogP contribution in [0.3, 0.4) is 0 Å². The topological polar surface area (TPSA) is 26.0 Å². The van der Waals surface area contributed by atoms with Gasteiger partial charge < -0.3 is 4.42 Å². The Balaban J connectivity index is 1.66. The summed E-state index contributed by atoms with van der Waals surface area (Å²) in [4.78, 5) is 4.94. The second-order valence-electron chi connectivity index (χ2n) is 6.80. The van der Waals surface area contributed by atoms with Crippen molar-refractivity contribution in [3.8, 4) is 22.4 Å². The van der Waals surface area contributed by atoms with Crippen LogP contribution >= 0.6 is 11.3 Å². The smallest absolute Gasteiger partial charge is 0.133 e. The quantitative estimate of drug-likeness (QED) is 0.316. The van der Waals surface area contributed by atoms with Crippen molar-refractivity contribution in [3.63, 3.8) is 0 Å². The maximum atomic E-state index is 5.51. The lowest BCUT2D eigenvalue weighted by molar-refractivity contribution is 0.616. The average Bonchev–Trinajstić information content (AvgIpc) is 3.39. The molecule has 0 aliphatic rings. The first-order valence-electron chi connectivity index (χ1n) is 9.13. The summed E-state index contributed by atoms with van der Waals surface area (Å²) in [6.07, 6.45) is 1.73. The summed E-state index contributed by atoms with van der Waals surface area (Å²) in [5, 5.41) is 5.60. The summed E-state index contributed by atoms with van der Waals surface area (Å²) < 4.78 is 6.77. The van der Waals surface area contributed by atoms with E-state index in [0.29, 0.717) is 0 Å². The molecule has 0 N–H and O–H groups in total. The largest absolute Gasteiger partial charge is 0.464 e. The van der Waals surface area contributed by atoms with Crippen molar-refractivity contribution < 1.29 is 4.42 Å². The minimum Gasteiger partial charge on any atom is -0.464 e. The van der Waals surface area contributed by atoms with E-state index in [-0.39, 0.29) is 0 Å². The predicted molar refractivity (Wildman–Crippen MR) is 117 cm³/mol. The third kappa shape index (κ3) is 2.37. The van der Waals surface area contributed by atoms with Crippen LogP contribution in [0.2, 0.25) is 0 Å². The normalized spacial score (nSPS) is 11.6. The summed E-state index contributed by atoms with van der Waals surface area (Å²) >= 11 is 1.75. The van der Waals surface area contributed by atoms with E-state index in [2.05, 4.69) is 66.0 Å². The number of furan rings is 1. The van der Waals surface area contributed by atoms with E-state index in [0.717, 1.165) is 44.3 Å². The van der Waals surface area contributed by atoms with Gasteiger partial charge >= 0.3 is 0 Å². The van der Waals surface area contributed by atoms with Gasteiger partial charge in [0, 0.05) is 43.4 Å². The van der Waals surface area contributed by atoms with Crippen molar-refractivity contribution in [1.29, 1.82) is 0 Å². The zero-order valence-corrected chi connectivity index (χ0v) is 15.7. The van der Waals surface area contributed by atoms with Gasteiger partial charge in [-0.3, -0.25) is 0 Å². The number of nitrogens with zero attached hydrogens (tertiary/aromatic N) is 1. The minimum absolute atomic E-state index is 0.887. The van der Waals surface area contributed by atoms with Crippen molar-refractivity contribution in [2.24, 2.45) is 0 Å². The molecule has 1 radical (unpaired) electrons. The molecule has 0 fully saturated rings. The van der Waals surface area contributed by atoms with Crippen LogP contribution in [0, 0.1) is 6.07 Å². The summed E-state index contributed by atoms with van der Waals surface area (Å²) in [6, 6.07) is 28.6. The van der Waals surface area contributed by atoms with E-state index in [1.807, 2.05) is 18.2 Å². The summed E-state index contributed by atoms with van der Waals surface area (Å²) in [5.41, 5.74) is 6.09. The van der Waals surface area contributed by atoms with Crippen LogP contribution in [0.5, 0.6) is 0 Å². The molecule has 3 heteroatoms. The number of pyridine rings is 1. The molecule has 0 saturated heterocycles. The number of hydrogen-bond donors (Lipinski definition) is 0. The number of benzene rings is 3. The number of rotatable bonds is 2. The number of hydrogen-bond acceptors (Lipinski definition) is 3. The fourth-order valence-corrected chi connectivity index (χ4v) is 4.70. The van der Waals surface area contributed by atoms with E-state index < -0.39 is 0 Å². The van der Waals surface area contributed by atoms with E-state index in [9.17, 15) is 0 Å². The molecule has 131 valence electrons. The van der Waals surface area contributed by atoms with Crippen LogP contribution in [-0.2, 0) is 0 Å². The minimum atomic E-state index is 0.887. The SMILES string of the molecule is [c]1c(-c2csc3ccccc23)nc2ccccc2c1-c1ccc2occc2c1. The van der Waals surface area contributed by atoms with Crippen LogP contribution < -0.4 is 0 Å². The Morgan fingerprint density at radius 2 is 1.71 bits per heavy atom. The second-order valence-corrected chi connectivity index (χ2v) is 7.71. The third-order valence-electron chi connectivity index (χ3n) is 5.13. The van der Waals surface area contributed by atoms with E-state index in [1.54, 1.807) is 17.6 Å². The van der Waals surface area contributed by atoms with Gasteiger partial charge in [0.15, 0.2) is 0 Å². The van der Waals surface area contributed by atoms with Crippen molar-refractivity contribution in [2.45, 2.75) is 0 Å². The fraction of sp³-hybridized carbons (Fsp3) is 0. The van der Waals surface area contributed by atoms with Crippen molar-refractivity contribution in [2.75, 3.05) is 0 Å². The number of aromatic nitrogens is 1. The number of para-hydroxylation sites is 1.